The number of esters is 2. The summed E-state index contributed by atoms with van der Waals surface area (Å²) in [6.07, 6.45) is 0. The minimum Gasteiger partial charge on any atom is -0.507 e. The van der Waals surface area contributed by atoms with Crippen LogP contribution in [0.15, 0.2) is 60.7 Å². The van der Waals surface area contributed by atoms with E-state index in [4.69, 9.17) is 28.4 Å². The fraction of sp³-hybridized carbons (Fsp3) is 0.286. The second kappa shape index (κ2) is 13.0. The van der Waals surface area contributed by atoms with E-state index >= 15 is 0 Å². The average molecular weight is 707 g/mol. The number of aromatic hydroxyl groups is 2. The van der Waals surface area contributed by atoms with Crippen LogP contribution in [0.5, 0.6) is 46.0 Å². The zero-order valence-corrected chi connectivity index (χ0v) is 30.9. The summed E-state index contributed by atoms with van der Waals surface area (Å²) >= 11 is 0. The van der Waals surface area contributed by atoms with Crippen LogP contribution in [-0.4, -0.2) is 50.6 Å². The molecule has 0 atom stereocenters. The van der Waals surface area contributed by atoms with Crippen molar-refractivity contribution in [3.8, 4) is 57.1 Å². The summed E-state index contributed by atoms with van der Waals surface area (Å²) < 4.78 is 35.0. The summed E-state index contributed by atoms with van der Waals surface area (Å²) in [5.74, 6) is 0.330. The summed E-state index contributed by atoms with van der Waals surface area (Å²) in [6, 6.07) is 17.2. The maximum absolute atomic E-state index is 13.4. The van der Waals surface area contributed by atoms with E-state index in [0.717, 1.165) is 0 Å². The Hall–Kier alpha value is -5.90. The number of phenols is 2. The number of rotatable bonds is 7. The van der Waals surface area contributed by atoms with Crippen LogP contribution < -0.4 is 28.4 Å². The highest BCUT2D eigenvalue weighted by molar-refractivity contribution is 6.25. The second-order valence-corrected chi connectivity index (χ2v) is 14.6. The molecule has 6 rings (SSSR count). The second-order valence-electron chi connectivity index (χ2n) is 14.6. The zero-order valence-electron chi connectivity index (χ0n) is 30.9. The Morgan fingerprint density at radius 1 is 0.481 bits per heavy atom. The van der Waals surface area contributed by atoms with Gasteiger partial charge in [0.2, 0.25) is 0 Å². The van der Waals surface area contributed by atoms with Crippen molar-refractivity contribution < 1.29 is 48.2 Å². The molecule has 0 saturated heterocycles. The molecule has 0 fully saturated rings. The third-order valence-electron chi connectivity index (χ3n) is 8.98. The quantitative estimate of drug-likeness (QED) is 0.0941. The van der Waals surface area contributed by atoms with Gasteiger partial charge in [-0.3, -0.25) is 9.59 Å². The molecule has 10 heteroatoms. The molecule has 0 amide bonds. The number of benzene rings is 6. The van der Waals surface area contributed by atoms with Crippen LogP contribution in [-0.2, 0) is 9.59 Å². The Labute approximate surface area is 301 Å². The van der Waals surface area contributed by atoms with Gasteiger partial charge in [0.25, 0.3) is 0 Å². The van der Waals surface area contributed by atoms with Crippen LogP contribution in [0, 0.1) is 10.8 Å². The van der Waals surface area contributed by atoms with Gasteiger partial charge in [-0.15, -0.1) is 0 Å². The van der Waals surface area contributed by atoms with Gasteiger partial charge in [-0.25, -0.2) is 0 Å². The fourth-order valence-electron chi connectivity index (χ4n) is 6.27. The molecule has 6 aromatic rings. The lowest BCUT2D eigenvalue weighted by Crippen LogP contribution is -2.25. The minimum atomic E-state index is -0.871. The first-order valence-corrected chi connectivity index (χ1v) is 16.7. The van der Waals surface area contributed by atoms with E-state index in [-0.39, 0.29) is 34.1 Å². The van der Waals surface area contributed by atoms with Crippen LogP contribution in [0.4, 0.5) is 0 Å². The Kier molecular flexibility index (Phi) is 8.99. The Bertz CT molecular complexity index is 2260. The molecule has 0 aliphatic carbocycles. The monoisotopic (exact) mass is 706 g/mol. The normalized spacial score (nSPS) is 12.0. The first kappa shape index (κ1) is 35.9. The number of hydrogen-bond donors (Lipinski definition) is 2. The molecule has 270 valence electrons. The minimum absolute atomic E-state index is 0.0919. The largest absolute Gasteiger partial charge is 0.507 e. The number of phenolic OH excluding ortho intramolecular Hbond substituents is 2. The van der Waals surface area contributed by atoms with E-state index in [9.17, 15) is 19.8 Å². The summed E-state index contributed by atoms with van der Waals surface area (Å²) in [5.41, 5.74) is -1.40. The van der Waals surface area contributed by atoms with Gasteiger partial charge in [0, 0.05) is 44.8 Å². The fourth-order valence-corrected chi connectivity index (χ4v) is 6.27. The van der Waals surface area contributed by atoms with E-state index in [0.29, 0.717) is 66.1 Å². The Balaban J connectivity index is 1.84. The van der Waals surface area contributed by atoms with E-state index in [2.05, 4.69) is 0 Å². The molecule has 0 bridgehead atoms. The van der Waals surface area contributed by atoms with Crippen molar-refractivity contribution in [1.82, 2.24) is 0 Å². The molecular formula is C42H42O10. The van der Waals surface area contributed by atoms with Crippen molar-refractivity contribution in [3.05, 3.63) is 60.7 Å². The maximum atomic E-state index is 13.4. The van der Waals surface area contributed by atoms with Crippen LogP contribution in [0.1, 0.15) is 41.5 Å². The van der Waals surface area contributed by atoms with Crippen molar-refractivity contribution in [3.63, 3.8) is 0 Å². The molecular weight excluding hydrogens is 664 g/mol. The standard InChI is InChI=1S/C42H42O10/c1-41(2,3)39(45)51-31-19-27(43)35(37-29(49-9)17-21-15-23(47-7)11-13-25(21)33(31)37)36-28(44)20-32(52-40(46)42(4,5)6)34-26-14-12-24(48-8)16-22(26)18-30(50-10)38(34)36/h11-20,43-44H,1-10H3. The average Bonchev–Trinajstić information content (AvgIpc) is 3.09. The van der Waals surface area contributed by atoms with Gasteiger partial charge < -0.3 is 38.6 Å². The summed E-state index contributed by atoms with van der Waals surface area (Å²) in [4.78, 5) is 26.7. The number of methoxy groups -OCH3 is 4. The molecule has 0 heterocycles. The third kappa shape index (κ3) is 6.08. The molecule has 2 N–H and O–H groups in total. The predicted octanol–water partition coefficient (Wildman–Crippen LogP) is 9.31. The van der Waals surface area contributed by atoms with Gasteiger partial charge in [-0.1, -0.05) is 0 Å². The highest BCUT2D eigenvalue weighted by Gasteiger charge is 2.32. The van der Waals surface area contributed by atoms with Crippen molar-refractivity contribution in [2.24, 2.45) is 10.8 Å². The van der Waals surface area contributed by atoms with Crippen molar-refractivity contribution in [2.45, 2.75) is 41.5 Å². The van der Waals surface area contributed by atoms with Gasteiger partial charge in [0.15, 0.2) is 0 Å². The van der Waals surface area contributed by atoms with E-state index in [1.54, 1.807) is 80.0 Å². The van der Waals surface area contributed by atoms with E-state index in [1.165, 1.54) is 26.4 Å². The lowest BCUT2D eigenvalue weighted by Gasteiger charge is -2.24. The van der Waals surface area contributed by atoms with Crippen molar-refractivity contribution in [1.29, 1.82) is 0 Å². The number of carbonyl (C=O) groups is 2. The number of fused-ring (bicyclic) bond motifs is 6. The van der Waals surface area contributed by atoms with Crippen molar-refractivity contribution >= 4 is 55.0 Å². The maximum Gasteiger partial charge on any atom is 0.316 e. The van der Waals surface area contributed by atoms with Crippen LogP contribution in [0.25, 0.3) is 54.2 Å². The molecule has 52 heavy (non-hydrogen) atoms. The van der Waals surface area contributed by atoms with Gasteiger partial charge in [-0.2, -0.15) is 0 Å². The molecule has 0 radical (unpaired) electrons. The number of carbonyl (C=O) groups excluding carboxylic acids is 2. The molecule has 0 aromatic heterocycles. The molecule has 10 nitrogen and oxygen atoms in total. The lowest BCUT2D eigenvalue weighted by atomic mass is 9.87. The Morgan fingerprint density at radius 3 is 1.15 bits per heavy atom. The molecule has 0 saturated carbocycles. The lowest BCUT2D eigenvalue weighted by molar-refractivity contribution is -0.143. The molecule has 0 aliphatic heterocycles. The molecule has 6 aromatic carbocycles. The topological polar surface area (TPSA) is 130 Å². The van der Waals surface area contributed by atoms with Gasteiger partial charge in [-0.05, 0) is 112 Å². The van der Waals surface area contributed by atoms with Gasteiger partial charge >= 0.3 is 11.9 Å². The molecule has 0 aliphatic rings. The zero-order chi connectivity index (χ0) is 37.9. The first-order valence-electron chi connectivity index (χ1n) is 16.7. The molecule has 0 spiro atoms. The first-order chi connectivity index (χ1) is 24.5. The highest BCUT2D eigenvalue weighted by Crippen LogP contribution is 2.56. The summed E-state index contributed by atoms with van der Waals surface area (Å²) in [6.45, 7) is 10.4. The summed E-state index contributed by atoms with van der Waals surface area (Å²) in [5, 5.41) is 28.5. The van der Waals surface area contributed by atoms with Crippen molar-refractivity contribution in [2.75, 3.05) is 28.4 Å². The predicted molar refractivity (Wildman–Crippen MR) is 202 cm³/mol. The van der Waals surface area contributed by atoms with E-state index < -0.39 is 22.8 Å². The SMILES string of the molecule is COc1ccc2c(c1)cc(OC)c1c(-c3c(O)cc(OC(=O)C(C)(C)C)c4c3c(OC)cc3cc(OC)ccc34)c(O)cc(OC(=O)C(C)(C)C)c12. The number of ether oxygens (including phenoxy) is 6. The van der Waals surface area contributed by atoms with Crippen LogP contribution in [0.3, 0.4) is 0 Å². The smallest absolute Gasteiger partial charge is 0.316 e. The van der Waals surface area contributed by atoms with Crippen LogP contribution >= 0.6 is 0 Å². The Morgan fingerprint density at radius 2 is 0.846 bits per heavy atom. The highest BCUT2D eigenvalue weighted by atomic mass is 16.5. The number of hydrogen-bond acceptors (Lipinski definition) is 10. The summed E-state index contributed by atoms with van der Waals surface area (Å²) in [7, 11) is 6.11. The van der Waals surface area contributed by atoms with E-state index in [1.807, 2.05) is 24.3 Å². The van der Waals surface area contributed by atoms with Crippen LogP contribution in [0.2, 0.25) is 0 Å². The molecule has 0 unspecified atom stereocenters. The van der Waals surface area contributed by atoms with Gasteiger partial charge in [0.1, 0.15) is 46.0 Å². The van der Waals surface area contributed by atoms with Gasteiger partial charge in [0.05, 0.1) is 39.3 Å². The third-order valence-corrected chi connectivity index (χ3v) is 8.98.